The molecule has 4 rings (SSSR count). The van der Waals surface area contributed by atoms with Crippen LogP contribution in [-0.2, 0) is 6.54 Å². The molecule has 0 spiro atoms. The van der Waals surface area contributed by atoms with E-state index in [2.05, 4.69) is 15.6 Å². The number of hydrogen-bond donors (Lipinski definition) is 2. The quantitative estimate of drug-likeness (QED) is 0.459. The van der Waals surface area contributed by atoms with Crippen LogP contribution in [0.15, 0.2) is 64.6 Å². The zero-order chi connectivity index (χ0) is 20.2. The number of rotatable bonds is 6. The van der Waals surface area contributed by atoms with Crippen LogP contribution in [0, 0.1) is 6.92 Å². The van der Waals surface area contributed by atoms with Gasteiger partial charge in [-0.15, -0.1) is 22.7 Å². The molecular weight excluding hydrogens is 406 g/mol. The van der Waals surface area contributed by atoms with Crippen molar-refractivity contribution in [1.29, 1.82) is 0 Å². The summed E-state index contributed by atoms with van der Waals surface area (Å²) in [7, 11) is 0. The lowest BCUT2D eigenvalue weighted by Gasteiger charge is -2.10. The summed E-state index contributed by atoms with van der Waals surface area (Å²) in [6, 6.07) is 14.1. The molecular formula is C21H17N3O3S2. The maximum atomic E-state index is 12.7. The van der Waals surface area contributed by atoms with E-state index >= 15 is 0 Å². The zero-order valence-corrected chi connectivity index (χ0v) is 17.1. The molecule has 1 aromatic carbocycles. The fourth-order valence-corrected chi connectivity index (χ4v) is 4.33. The number of para-hydroxylation sites is 1. The van der Waals surface area contributed by atoms with Gasteiger partial charge in [0.1, 0.15) is 0 Å². The van der Waals surface area contributed by atoms with Crippen molar-refractivity contribution < 1.29 is 14.0 Å². The van der Waals surface area contributed by atoms with Gasteiger partial charge in [-0.3, -0.25) is 9.59 Å². The van der Waals surface area contributed by atoms with Gasteiger partial charge in [-0.1, -0.05) is 12.1 Å². The summed E-state index contributed by atoms with van der Waals surface area (Å²) in [6.45, 7) is 2.37. The molecule has 4 aromatic rings. The Balaban J connectivity index is 1.43. The first-order chi connectivity index (χ1) is 14.1. The molecule has 0 unspecified atom stereocenters. The van der Waals surface area contributed by atoms with Crippen LogP contribution in [-0.4, -0.2) is 16.8 Å². The number of anilines is 1. The van der Waals surface area contributed by atoms with Crippen LogP contribution in [0.3, 0.4) is 0 Å². The van der Waals surface area contributed by atoms with E-state index < -0.39 is 5.91 Å². The number of aryl methyl sites for hydroxylation is 1. The van der Waals surface area contributed by atoms with Gasteiger partial charge in [0.2, 0.25) is 0 Å². The zero-order valence-electron chi connectivity index (χ0n) is 15.5. The Labute approximate surface area is 175 Å². The minimum absolute atomic E-state index is 0.184. The fraction of sp³-hybridized carbons (Fsp3) is 0.0952. The molecule has 8 heteroatoms. The largest absolute Gasteiger partial charge is 0.459 e. The van der Waals surface area contributed by atoms with E-state index in [1.807, 2.05) is 24.4 Å². The van der Waals surface area contributed by atoms with Crippen molar-refractivity contribution in [2.24, 2.45) is 0 Å². The first-order valence-corrected chi connectivity index (χ1v) is 10.5. The molecule has 0 aliphatic rings. The molecule has 0 aliphatic carbocycles. The molecule has 146 valence electrons. The van der Waals surface area contributed by atoms with Crippen molar-refractivity contribution in [1.82, 2.24) is 10.3 Å². The summed E-state index contributed by atoms with van der Waals surface area (Å²) >= 11 is 3.21. The van der Waals surface area contributed by atoms with E-state index in [1.54, 1.807) is 59.1 Å². The summed E-state index contributed by atoms with van der Waals surface area (Å²) in [4.78, 5) is 31.5. The smallest absolute Gasteiger partial charge is 0.291 e. The highest BCUT2D eigenvalue weighted by atomic mass is 32.1. The third kappa shape index (κ3) is 4.44. The molecule has 0 fully saturated rings. The predicted molar refractivity (Wildman–Crippen MR) is 114 cm³/mol. The highest BCUT2D eigenvalue weighted by molar-refractivity contribution is 7.16. The minimum atomic E-state index is -0.406. The number of carbonyl (C=O) groups is 2. The molecule has 6 nitrogen and oxygen atoms in total. The topological polar surface area (TPSA) is 84.2 Å². The van der Waals surface area contributed by atoms with Gasteiger partial charge in [0.25, 0.3) is 11.8 Å². The summed E-state index contributed by atoms with van der Waals surface area (Å²) in [5.41, 5.74) is 1.77. The van der Waals surface area contributed by atoms with E-state index in [0.717, 1.165) is 20.5 Å². The Kier molecular flexibility index (Phi) is 5.55. The number of carbonyl (C=O) groups excluding carboxylic acids is 2. The van der Waals surface area contributed by atoms with Crippen LogP contribution >= 0.6 is 22.7 Å². The van der Waals surface area contributed by atoms with Crippen LogP contribution in [0.2, 0.25) is 0 Å². The summed E-state index contributed by atoms with van der Waals surface area (Å²) in [5, 5.41) is 8.69. The highest BCUT2D eigenvalue weighted by Gasteiger charge is 2.15. The lowest BCUT2D eigenvalue weighted by molar-refractivity contribution is 0.0952. The third-order valence-corrected chi connectivity index (χ3v) is 6.00. The normalized spacial score (nSPS) is 10.7. The van der Waals surface area contributed by atoms with Crippen LogP contribution < -0.4 is 10.6 Å². The minimum Gasteiger partial charge on any atom is -0.459 e. The van der Waals surface area contributed by atoms with E-state index in [4.69, 9.17) is 4.42 Å². The highest BCUT2D eigenvalue weighted by Crippen LogP contribution is 2.29. The molecule has 0 saturated heterocycles. The molecule has 0 saturated carbocycles. The van der Waals surface area contributed by atoms with Crippen molar-refractivity contribution in [3.05, 3.63) is 81.4 Å². The second kappa shape index (κ2) is 8.42. The molecule has 3 aromatic heterocycles. The third-order valence-electron chi connectivity index (χ3n) is 4.12. The lowest BCUT2D eigenvalue weighted by Crippen LogP contribution is -2.24. The summed E-state index contributed by atoms with van der Waals surface area (Å²) < 4.78 is 5.10. The van der Waals surface area contributed by atoms with E-state index in [1.165, 1.54) is 6.26 Å². The molecule has 0 aliphatic heterocycles. The molecule has 0 bridgehead atoms. The Morgan fingerprint density at radius 3 is 2.69 bits per heavy atom. The first kappa shape index (κ1) is 19.1. The Morgan fingerprint density at radius 2 is 1.93 bits per heavy atom. The number of amides is 2. The van der Waals surface area contributed by atoms with Crippen molar-refractivity contribution in [2.75, 3.05) is 5.32 Å². The number of thiazole rings is 1. The first-order valence-electron chi connectivity index (χ1n) is 8.83. The number of nitrogens with zero attached hydrogens (tertiary/aromatic N) is 1. The van der Waals surface area contributed by atoms with Crippen LogP contribution in [0.1, 0.15) is 30.8 Å². The summed E-state index contributed by atoms with van der Waals surface area (Å²) in [6.07, 6.45) is 1.43. The van der Waals surface area contributed by atoms with Gasteiger partial charge in [-0.05, 0) is 43.3 Å². The van der Waals surface area contributed by atoms with Crippen LogP contribution in [0.25, 0.3) is 10.6 Å². The van der Waals surface area contributed by atoms with Gasteiger partial charge in [0.15, 0.2) is 5.76 Å². The maximum Gasteiger partial charge on any atom is 0.291 e. The standard InChI is InChI=1S/C21H17N3O3S2/c1-13-23-17(12-28-13)19-9-8-14(29-19)11-22-20(25)15-5-2-3-6-16(15)24-21(26)18-7-4-10-27-18/h2-10,12H,11H2,1H3,(H,22,25)(H,24,26). The Bertz CT molecular complexity index is 1150. The molecule has 0 atom stereocenters. The maximum absolute atomic E-state index is 12.7. The Hall–Kier alpha value is -3.23. The van der Waals surface area contributed by atoms with Crippen molar-refractivity contribution in [3.63, 3.8) is 0 Å². The van der Waals surface area contributed by atoms with Gasteiger partial charge < -0.3 is 15.1 Å². The average molecular weight is 424 g/mol. The number of hydrogen-bond acceptors (Lipinski definition) is 6. The van der Waals surface area contributed by atoms with Gasteiger partial charge in [-0.25, -0.2) is 4.98 Å². The molecule has 2 N–H and O–H groups in total. The van der Waals surface area contributed by atoms with Crippen molar-refractivity contribution in [3.8, 4) is 10.6 Å². The second-order valence-electron chi connectivity index (χ2n) is 6.18. The SMILES string of the molecule is Cc1nc(-c2ccc(CNC(=O)c3ccccc3NC(=O)c3ccco3)s2)cs1. The number of thiophene rings is 1. The predicted octanol–water partition coefficient (Wildman–Crippen LogP) is 4.96. The van der Waals surface area contributed by atoms with Gasteiger partial charge in [0.05, 0.1) is 39.6 Å². The molecule has 3 heterocycles. The van der Waals surface area contributed by atoms with Crippen molar-refractivity contribution >= 4 is 40.2 Å². The summed E-state index contributed by atoms with van der Waals surface area (Å²) in [5.74, 6) is -0.486. The van der Waals surface area contributed by atoms with Crippen molar-refractivity contribution in [2.45, 2.75) is 13.5 Å². The van der Waals surface area contributed by atoms with Gasteiger partial charge in [-0.2, -0.15) is 0 Å². The number of furan rings is 1. The average Bonchev–Trinajstić information content (AvgIpc) is 3.48. The fourth-order valence-electron chi connectivity index (χ4n) is 2.73. The lowest BCUT2D eigenvalue weighted by atomic mass is 10.1. The Morgan fingerprint density at radius 1 is 1.07 bits per heavy atom. The molecule has 2 amide bonds. The number of aromatic nitrogens is 1. The monoisotopic (exact) mass is 423 g/mol. The van der Waals surface area contributed by atoms with Gasteiger partial charge in [0, 0.05) is 10.3 Å². The van der Waals surface area contributed by atoms with Crippen LogP contribution in [0.4, 0.5) is 5.69 Å². The van der Waals surface area contributed by atoms with E-state index in [-0.39, 0.29) is 11.7 Å². The second-order valence-corrected chi connectivity index (χ2v) is 8.41. The number of benzene rings is 1. The van der Waals surface area contributed by atoms with Crippen LogP contribution in [0.5, 0.6) is 0 Å². The van der Waals surface area contributed by atoms with E-state index in [0.29, 0.717) is 17.8 Å². The van der Waals surface area contributed by atoms with E-state index in [9.17, 15) is 9.59 Å². The van der Waals surface area contributed by atoms with Gasteiger partial charge >= 0.3 is 0 Å². The molecule has 0 radical (unpaired) electrons. The number of nitrogens with one attached hydrogen (secondary N) is 2. The molecule has 29 heavy (non-hydrogen) atoms.